The lowest BCUT2D eigenvalue weighted by Gasteiger charge is -2.22. The molecule has 24 heavy (non-hydrogen) atoms. The first-order chi connectivity index (χ1) is 11.6. The van der Waals surface area contributed by atoms with Gasteiger partial charge >= 0.3 is 0 Å². The van der Waals surface area contributed by atoms with Crippen LogP contribution < -0.4 is 14.8 Å². The number of benzene rings is 2. The van der Waals surface area contributed by atoms with E-state index >= 15 is 0 Å². The highest BCUT2D eigenvalue weighted by molar-refractivity contribution is 5.99. The van der Waals surface area contributed by atoms with Crippen molar-refractivity contribution in [3.8, 4) is 11.5 Å². The summed E-state index contributed by atoms with van der Waals surface area (Å²) in [6, 6.07) is 15.4. The first kappa shape index (κ1) is 16.1. The maximum Gasteiger partial charge on any atom is 0.267 e. The third-order valence-corrected chi connectivity index (χ3v) is 3.86. The number of ether oxygens (including phenoxy) is 2. The van der Waals surface area contributed by atoms with Gasteiger partial charge in [-0.05, 0) is 24.1 Å². The van der Waals surface area contributed by atoms with Crippen LogP contribution in [0.25, 0.3) is 0 Å². The molecule has 0 spiro atoms. The Morgan fingerprint density at radius 1 is 1.12 bits per heavy atom. The van der Waals surface area contributed by atoms with Gasteiger partial charge in [-0.1, -0.05) is 36.4 Å². The zero-order valence-electron chi connectivity index (χ0n) is 13.5. The van der Waals surface area contributed by atoms with Crippen LogP contribution in [0.4, 0.5) is 0 Å². The summed E-state index contributed by atoms with van der Waals surface area (Å²) >= 11 is 0. The number of rotatable bonds is 5. The highest BCUT2D eigenvalue weighted by Gasteiger charge is 2.28. The molecule has 0 radical (unpaired) electrons. The average molecular weight is 325 g/mol. The van der Waals surface area contributed by atoms with Crippen molar-refractivity contribution in [3.63, 3.8) is 0 Å². The second kappa shape index (κ2) is 7.17. The van der Waals surface area contributed by atoms with Gasteiger partial charge in [0.2, 0.25) is 5.91 Å². The number of imide groups is 1. The van der Waals surface area contributed by atoms with Crippen molar-refractivity contribution in [1.82, 2.24) is 5.32 Å². The summed E-state index contributed by atoms with van der Waals surface area (Å²) in [5, 5.41) is 2.29. The molecule has 1 heterocycles. The fourth-order valence-corrected chi connectivity index (χ4v) is 2.49. The molecule has 124 valence electrons. The standard InChI is InChI=1S/C19H19NO4/c1-13-7-8-15(24-16-9-10-18(21)20-19(16)22)11-17(13)23-12-14-5-3-2-4-6-14/h2-8,11,16H,9-10,12H2,1H3,(H,20,21,22). The number of hydrogen-bond donors (Lipinski definition) is 1. The Labute approximate surface area is 140 Å². The first-order valence-corrected chi connectivity index (χ1v) is 7.89. The topological polar surface area (TPSA) is 64.6 Å². The normalized spacial score (nSPS) is 17.3. The minimum absolute atomic E-state index is 0.254. The second-order valence-electron chi connectivity index (χ2n) is 5.76. The molecule has 2 amide bonds. The Kier molecular flexibility index (Phi) is 4.79. The van der Waals surface area contributed by atoms with Gasteiger partial charge in [-0.15, -0.1) is 0 Å². The molecule has 1 fully saturated rings. The number of carbonyl (C=O) groups excluding carboxylic acids is 2. The molecule has 2 aromatic rings. The van der Waals surface area contributed by atoms with Crippen LogP contribution in [0.5, 0.6) is 11.5 Å². The summed E-state index contributed by atoms with van der Waals surface area (Å²) in [5.41, 5.74) is 2.06. The van der Waals surface area contributed by atoms with Crippen molar-refractivity contribution in [2.75, 3.05) is 0 Å². The number of hydrogen-bond acceptors (Lipinski definition) is 4. The third kappa shape index (κ3) is 3.93. The van der Waals surface area contributed by atoms with Crippen molar-refractivity contribution in [2.24, 2.45) is 0 Å². The quantitative estimate of drug-likeness (QED) is 0.859. The molecule has 0 bridgehead atoms. The first-order valence-electron chi connectivity index (χ1n) is 7.89. The molecule has 1 atom stereocenters. The SMILES string of the molecule is Cc1ccc(OC2CCC(=O)NC2=O)cc1OCc1ccccc1. The second-order valence-corrected chi connectivity index (χ2v) is 5.76. The van der Waals surface area contributed by atoms with Gasteiger partial charge in [-0.2, -0.15) is 0 Å². The molecule has 0 aromatic heterocycles. The minimum Gasteiger partial charge on any atom is -0.488 e. The van der Waals surface area contributed by atoms with Gasteiger partial charge in [0, 0.05) is 18.9 Å². The molecule has 1 saturated heterocycles. The molecular formula is C19H19NO4. The number of aryl methyl sites for hydroxylation is 1. The summed E-state index contributed by atoms with van der Waals surface area (Å²) in [7, 11) is 0. The van der Waals surface area contributed by atoms with E-state index in [4.69, 9.17) is 9.47 Å². The van der Waals surface area contributed by atoms with Gasteiger partial charge in [0.15, 0.2) is 6.10 Å². The smallest absolute Gasteiger partial charge is 0.267 e. The summed E-state index contributed by atoms with van der Waals surface area (Å²) < 4.78 is 11.6. The Morgan fingerprint density at radius 3 is 2.67 bits per heavy atom. The molecule has 5 heteroatoms. The number of nitrogens with one attached hydrogen (secondary N) is 1. The highest BCUT2D eigenvalue weighted by Crippen LogP contribution is 2.26. The summed E-state index contributed by atoms with van der Waals surface area (Å²) in [4.78, 5) is 23.0. The Bertz CT molecular complexity index is 742. The van der Waals surface area contributed by atoms with Gasteiger partial charge in [0.25, 0.3) is 5.91 Å². The van der Waals surface area contributed by atoms with E-state index in [1.165, 1.54) is 0 Å². The summed E-state index contributed by atoms with van der Waals surface area (Å²) in [6.07, 6.45) is 0.0330. The molecule has 3 rings (SSSR count). The number of piperidine rings is 1. The lowest BCUT2D eigenvalue weighted by atomic mass is 10.1. The van der Waals surface area contributed by atoms with E-state index in [1.54, 1.807) is 12.1 Å². The molecule has 5 nitrogen and oxygen atoms in total. The summed E-state index contributed by atoms with van der Waals surface area (Å²) in [5.74, 6) is 0.621. The molecule has 1 N–H and O–H groups in total. The van der Waals surface area contributed by atoms with Crippen LogP contribution in [-0.2, 0) is 16.2 Å². The molecule has 0 aliphatic carbocycles. The Hall–Kier alpha value is -2.82. The van der Waals surface area contributed by atoms with Crippen molar-refractivity contribution >= 4 is 11.8 Å². The zero-order chi connectivity index (χ0) is 16.9. The molecule has 1 aliphatic rings. The van der Waals surface area contributed by atoms with Crippen LogP contribution in [0, 0.1) is 6.92 Å². The van der Waals surface area contributed by atoms with Gasteiger partial charge < -0.3 is 9.47 Å². The van der Waals surface area contributed by atoms with E-state index in [1.807, 2.05) is 43.3 Å². The fraction of sp³-hybridized carbons (Fsp3) is 0.263. The lowest BCUT2D eigenvalue weighted by molar-refractivity contribution is -0.138. The van der Waals surface area contributed by atoms with Crippen molar-refractivity contribution in [1.29, 1.82) is 0 Å². The van der Waals surface area contributed by atoms with Gasteiger partial charge in [-0.3, -0.25) is 14.9 Å². The van der Waals surface area contributed by atoms with E-state index in [2.05, 4.69) is 5.32 Å². The third-order valence-electron chi connectivity index (χ3n) is 3.86. The van der Waals surface area contributed by atoms with Gasteiger partial charge in [-0.25, -0.2) is 0 Å². The van der Waals surface area contributed by atoms with E-state index in [9.17, 15) is 9.59 Å². The predicted molar refractivity (Wildman–Crippen MR) is 88.8 cm³/mol. The molecule has 1 aliphatic heterocycles. The largest absolute Gasteiger partial charge is 0.488 e. The number of amides is 2. The van der Waals surface area contributed by atoms with Gasteiger partial charge in [0.1, 0.15) is 18.1 Å². The molecular weight excluding hydrogens is 306 g/mol. The lowest BCUT2D eigenvalue weighted by Crippen LogP contribution is -2.46. The van der Waals surface area contributed by atoms with Crippen LogP contribution in [0.15, 0.2) is 48.5 Å². The zero-order valence-corrected chi connectivity index (χ0v) is 13.5. The number of carbonyl (C=O) groups is 2. The fourth-order valence-electron chi connectivity index (χ4n) is 2.49. The van der Waals surface area contributed by atoms with Crippen LogP contribution in [-0.4, -0.2) is 17.9 Å². The van der Waals surface area contributed by atoms with Crippen LogP contribution in [0.1, 0.15) is 24.0 Å². The van der Waals surface area contributed by atoms with Crippen molar-refractivity contribution in [2.45, 2.75) is 32.5 Å². The monoisotopic (exact) mass is 325 g/mol. The predicted octanol–water partition coefficient (Wildman–Crippen LogP) is 2.76. The van der Waals surface area contributed by atoms with E-state index in [-0.39, 0.29) is 5.91 Å². The Morgan fingerprint density at radius 2 is 1.92 bits per heavy atom. The maximum absolute atomic E-state index is 11.8. The van der Waals surface area contributed by atoms with E-state index in [0.717, 1.165) is 11.1 Å². The maximum atomic E-state index is 11.8. The average Bonchev–Trinajstić information content (AvgIpc) is 2.58. The minimum atomic E-state index is -0.646. The molecule has 2 aromatic carbocycles. The summed E-state index contributed by atoms with van der Waals surface area (Å²) in [6.45, 7) is 2.42. The van der Waals surface area contributed by atoms with E-state index in [0.29, 0.717) is 30.9 Å². The highest BCUT2D eigenvalue weighted by atomic mass is 16.5. The van der Waals surface area contributed by atoms with Crippen molar-refractivity contribution in [3.05, 3.63) is 59.7 Å². The Balaban J connectivity index is 1.67. The van der Waals surface area contributed by atoms with Crippen LogP contribution in [0.3, 0.4) is 0 Å². The molecule has 1 unspecified atom stereocenters. The van der Waals surface area contributed by atoms with Crippen LogP contribution in [0.2, 0.25) is 0 Å². The van der Waals surface area contributed by atoms with E-state index < -0.39 is 12.0 Å². The van der Waals surface area contributed by atoms with Crippen LogP contribution >= 0.6 is 0 Å². The van der Waals surface area contributed by atoms with Crippen molar-refractivity contribution < 1.29 is 19.1 Å². The van der Waals surface area contributed by atoms with Gasteiger partial charge in [0.05, 0.1) is 0 Å². The molecule has 0 saturated carbocycles.